The fourth-order valence-corrected chi connectivity index (χ4v) is 3.98. The van der Waals surface area contributed by atoms with Crippen LogP contribution < -0.4 is 10.6 Å². The number of carbonyl (C=O) groups is 1. The largest absolute Gasteiger partial charge is 0.334 e. The number of anilines is 1. The van der Waals surface area contributed by atoms with Crippen molar-refractivity contribution in [3.05, 3.63) is 83.2 Å². The summed E-state index contributed by atoms with van der Waals surface area (Å²) in [7, 11) is 0. The first-order valence-electron chi connectivity index (χ1n) is 9.67. The number of thiazole rings is 1. The molecule has 2 amide bonds. The van der Waals surface area contributed by atoms with Crippen molar-refractivity contribution in [2.75, 3.05) is 5.32 Å². The van der Waals surface area contributed by atoms with E-state index in [1.165, 1.54) is 22.3 Å². The van der Waals surface area contributed by atoms with Crippen LogP contribution in [0.15, 0.2) is 72.1 Å². The van der Waals surface area contributed by atoms with Gasteiger partial charge in [-0.05, 0) is 27.8 Å². The van der Waals surface area contributed by atoms with Crippen LogP contribution in [0.5, 0.6) is 0 Å². The lowest BCUT2D eigenvalue weighted by atomic mass is 10.0. The van der Waals surface area contributed by atoms with E-state index < -0.39 is 0 Å². The van der Waals surface area contributed by atoms with Crippen molar-refractivity contribution in [2.24, 2.45) is 0 Å². The van der Waals surface area contributed by atoms with Crippen LogP contribution in [0.1, 0.15) is 30.9 Å². The minimum atomic E-state index is -0.256. The summed E-state index contributed by atoms with van der Waals surface area (Å²) in [5.41, 5.74) is 4.31. The molecule has 0 bridgehead atoms. The first-order valence-corrected chi connectivity index (χ1v) is 10.6. The quantitative estimate of drug-likeness (QED) is 0.406. The molecule has 0 aliphatic carbocycles. The lowest BCUT2D eigenvalue weighted by molar-refractivity contribution is 0.252. The Balaban J connectivity index is 1.39. The van der Waals surface area contributed by atoms with Gasteiger partial charge in [-0.15, -0.1) is 11.3 Å². The molecule has 3 aromatic carbocycles. The Labute approximate surface area is 174 Å². The maximum Gasteiger partial charge on any atom is 0.321 e. The molecule has 29 heavy (non-hydrogen) atoms. The lowest BCUT2D eigenvalue weighted by Crippen LogP contribution is -2.28. The zero-order valence-electron chi connectivity index (χ0n) is 16.5. The Hall–Kier alpha value is -3.18. The predicted molar refractivity (Wildman–Crippen MR) is 121 cm³/mol. The van der Waals surface area contributed by atoms with Crippen LogP contribution in [0.2, 0.25) is 0 Å². The van der Waals surface area contributed by atoms with Crippen LogP contribution in [-0.4, -0.2) is 11.0 Å². The molecule has 0 aliphatic heterocycles. The smallest absolute Gasteiger partial charge is 0.321 e. The molecule has 1 aromatic heterocycles. The Kier molecular flexibility index (Phi) is 5.58. The second-order valence-corrected chi connectivity index (χ2v) is 8.12. The van der Waals surface area contributed by atoms with Crippen molar-refractivity contribution < 1.29 is 4.79 Å². The van der Waals surface area contributed by atoms with Gasteiger partial charge >= 0.3 is 6.03 Å². The van der Waals surface area contributed by atoms with E-state index in [2.05, 4.69) is 71.9 Å². The van der Waals surface area contributed by atoms with Crippen LogP contribution in [0.4, 0.5) is 9.93 Å². The first-order chi connectivity index (χ1) is 14.1. The third-order valence-corrected chi connectivity index (χ3v) is 5.67. The molecule has 146 valence electrons. The first kappa shape index (κ1) is 19.2. The number of carbonyl (C=O) groups excluding carboxylic acids is 1. The average Bonchev–Trinajstić information content (AvgIpc) is 3.20. The van der Waals surface area contributed by atoms with Crippen LogP contribution >= 0.6 is 11.3 Å². The number of urea groups is 1. The molecule has 0 saturated carbocycles. The van der Waals surface area contributed by atoms with Crippen LogP contribution in [0.25, 0.3) is 22.0 Å². The maximum atomic E-state index is 12.3. The normalized spacial score (nSPS) is 11.0. The molecule has 0 atom stereocenters. The number of benzene rings is 3. The summed E-state index contributed by atoms with van der Waals surface area (Å²) in [5.74, 6) is 0.502. The maximum absolute atomic E-state index is 12.3. The highest BCUT2D eigenvalue weighted by Gasteiger charge is 2.09. The fraction of sp³-hybridized carbons (Fsp3) is 0.167. The van der Waals surface area contributed by atoms with Crippen molar-refractivity contribution in [1.29, 1.82) is 0 Å². The molecule has 0 spiro atoms. The highest BCUT2D eigenvalue weighted by atomic mass is 32.1. The van der Waals surface area contributed by atoms with Gasteiger partial charge in [0.05, 0.1) is 5.69 Å². The Morgan fingerprint density at radius 1 is 1.00 bits per heavy atom. The van der Waals surface area contributed by atoms with Gasteiger partial charge < -0.3 is 5.32 Å². The molecule has 0 unspecified atom stereocenters. The van der Waals surface area contributed by atoms with Crippen molar-refractivity contribution in [3.63, 3.8) is 0 Å². The van der Waals surface area contributed by atoms with Gasteiger partial charge in [-0.1, -0.05) is 80.6 Å². The lowest BCUT2D eigenvalue weighted by Gasteiger charge is -2.08. The van der Waals surface area contributed by atoms with E-state index in [1.54, 1.807) is 0 Å². The van der Waals surface area contributed by atoms with Crippen LogP contribution in [-0.2, 0) is 6.54 Å². The molecule has 4 rings (SSSR count). The van der Waals surface area contributed by atoms with Gasteiger partial charge in [-0.25, -0.2) is 9.78 Å². The second kappa shape index (κ2) is 8.45. The van der Waals surface area contributed by atoms with Crippen LogP contribution in [0.3, 0.4) is 0 Å². The predicted octanol–water partition coefficient (Wildman–Crippen LogP) is 6.41. The van der Waals surface area contributed by atoms with E-state index in [0.29, 0.717) is 17.6 Å². The Bertz CT molecular complexity index is 1130. The minimum Gasteiger partial charge on any atom is -0.334 e. The van der Waals surface area contributed by atoms with Gasteiger partial charge in [0.15, 0.2) is 5.13 Å². The highest BCUT2D eigenvalue weighted by molar-refractivity contribution is 7.14. The van der Waals surface area contributed by atoms with Crippen LogP contribution in [0, 0.1) is 0 Å². The van der Waals surface area contributed by atoms with Gasteiger partial charge in [0.2, 0.25) is 0 Å². The summed E-state index contributed by atoms with van der Waals surface area (Å²) >= 11 is 1.42. The van der Waals surface area contributed by atoms with Crippen molar-refractivity contribution >= 4 is 33.3 Å². The Morgan fingerprint density at radius 3 is 2.55 bits per heavy atom. The van der Waals surface area contributed by atoms with Crippen molar-refractivity contribution in [1.82, 2.24) is 10.3 Å². The summed E-state index contributed by atoms with van der Waals surface area (Å²) in [6.07, 6.45) is 0. The van der Waals surface area contributed by atoms with E-state index in [9.17, 15) is 4.79 Å². The third kappa shape index (κ3) is 4.46. The Morgan fingerprint density at radius 2 is 1.76 bits per heavy atom. The number of amides is 2. The number of hydrogen-bond acceptors (Lipinski definition) is 3. The zero-order chi connectivity index (χ0) is 20.2. The topological polar surface area (TPSA) is 54.0 Å². The fourth-order valence-electron chi connectivity index (χ4n) is 3.27. The molecule has 1 heterocycles. The van der Waals surface area contributed by atoms with E-state index >= 15 is 0 Å². The van der Waals surface area contributed by atoms with Gasteiger partial charge in [0.1, 0.15) is 0 Å². The number of hydrogen-bond donors (Lipinski definition) is 2. The van der Waals surface area contributed by atoms with Crippen molar-refractivity contribution in [2.45, 2.75) is 26.3 Å². The second-order valence-electron chi connectivity index (χ2n) is 7.26. The standard InChI is InChI=1S/C24H23N3OS/c1-16(2)17-10-12-19(13-11-17)22-15-29-24(26-22)27-23(28)25-14-20-8-5-7-18-6-3-4-9-21(18)20/h3-13,15-16H,14H2,1-2H3,(H2,25,26,27,28). The molecule has 0 saturated heterocycles. The molecule has 4 aromatic rings. The summed E-state index contributed by atoms with van der Waals surface area (Å²) in [5, 5.41) is 10.6. The van der Waals surface area contributed by atoms with Crippen molar-refractivity contribution in [3.8, 4) is 11.3 Å². The molecular weight excluding hydrogens is 378 g/mol. The number of fused-ring (bicyclic) bond motifs is 1. The molecule has 2 N–H and O–H groups in total. The molecule has 0 aliphatic rings. The van der Waals surface area contributed by atoms with E-state index in [4.69, 9.17) is 0 Å². The van der Waals surface area contributed by atoms with Gasteiger partial charge in [0, 0.05) is 17.5 Å². The molecule has 0 radical (unpaired) electrons. The zero-order valence-corrected chi connectivity index (χ0v) is 17.3. The number of aromatic nitrogens is 1. The SMILES string of the molecule is CC(C)c1ccc(-c2csc(NC(=O)NCc3cccc4ccccc34)n2)cc1. The molecule has 4 nitrogen and oxygen atoms in total. The van der Waals surface area contributed by atoms with E-state index in [0.717, 1.165) is 22.2 Å². The van der Waals surface area contributed by atoms with E-state index in [1.807, 2.05) is 29.6 Å². The van der Waals surface area contributed by atoms with Gasteiger partial charge in [-0.3, -0.25) is 5.32 Å². The van der Waals surface area contributed by atoms with Gasteiger partial charge in [0.25, 0.3) is 0 Å². The van der Waals surface area contributed by atoms with Gasteiger partial charge in [-0.2, -0.15) is 0 Å². The third-order valence-electron chi connectivity index (χ3n) is 4.92. The highest BCUT2D eigenvalue weighted by Crippen LogP contribution is 2.26. The minimum absolute atomic E-state index is 0.256. The monoisotopic (exact) mass is 401 g/mol. The number of nitrogens with one attached hydrogen (secondary N) is 2. The molecular formula is C24H23N3OS. The summed E-state index contributed by atoms with van der Waals surface area (Å²) in [4.78, 5) is 16.9. The molecule has 0 fully saturated rings. The molecule has 5 heteroatoms. The number of rotatable bonds is 5. The average molecular weight is 402 g/mol. The summed E-state index contributed by atoms with van der Waals surface area (Å²) < 4.78 is 0. The summed E-state index contributed by atoms with van der Waals surface area (Å²) in [6.45, 7) is 4.82. The number of nitrogens with zero attached hydrogens (tertiary/aromatic N) is 1. The summed E-state index contributed by atoms with van der Waals surface area (Å²) in [6, 6.07) is 22.4. The van der Waals surface area contributed by atoms with E-state index in [-0.39, 0.29) is 6.03 Å².